The molecule has 1 unspecified atom stereocenters. The van der Waals surface area contributed by atoms with Crippen LogP contribution < -0.4 is 21.3 Å². The number of hydrogen-bond acceptors (Lipinski definition) is 9. The van der Waals surface area contributed by atoms with Gasteiger partial charge in [-0.15, -0.1) is 0 Å². The second-order valence-corrected chi connectivity index (χ2v) is 16.4. The maximum absolute atomic E-state index is 14.7. The summed E-state index contributed by atoms with van der Waals surface area (Å²) in [7, 11) is 0. The lowest BCUT2D eigenvalue weighted by Gasteiger charge is -2.38. The fraction of sp³-hybridized carbons (Fsp3) is 0.650. The van der Waals surface area contributed by atoms with Crippen LogP contribution in [0.25, 0.3) is 0 Å². The molecule has 14 heteroatoms. The summed E-state index contributed by atoms with van der Waals surface area (Å²) in [6.07, 6.45) is 13.9. The first-order valence-corrected chi connectivity index (χ1v) is 19.7. The average molecular weight is 747 g/mol. The van der Waals surface area contributed by atoms with Gasteiger partial charge in [0.2, 0.25) is 17.7 Å². The number of amides is 5. The standard InChI is InChI=1S/C40H58N8O6/c1-6-11-29(33(49)38(53)44-24(2)25-16-18-41-19-17-25)45-37(52)32-28-15-10-14-27(28)23-48(32)39(54)34(40(3,4)5)47-36(51)31(26-12-8-7-9-13-26)46-35(50)30-22-42-20-21-43-30/h16-22,24,26-29,31-34,49H,6-15,23H2,1-5H3,(H,44,53)(H,45,52)(H,46,50)(H,47,51)/t24-,27+,28+,29-,31-,32-,33?,34+/m0/s1. The predicted molar refractivity (Wildman–Crippen MR) is 201 cm³/mol. The van der Waals surface area contributed by atoms with Crippen molar-refractivity contribution in [3.8, 4) is 0 Å². The maximum Gasteiger partial charge on any atom is 0.272 e. The average Bonchev–Trinajstić information content (AvgIpc) is 3.77. The van der Waals surface area contributed by atoms with Gasteiger partial charge in [0.1, 0.15) is 23.8 Å². The van der Waals surface area contributed by atoms with E-state index in [4.69, 9.17) is 0 Å². The molecule has 2 aromatic heterocycles. The zero-order chi connectivity index (χ0) is 39.0. The van der Waals surface area contributed by atoms with Crippen molar-refractivity contribution in [1.29, 1.82) is 0 Å². The SMILES string of the molecule is CCC[C@H](NC(=O)[C@@H]1[C@@H]2CCC[C@@H]2CN1C(=O)[C@@H](NC(=O)[C@@H](NC(=O)c1cnccn1)C1CCCCC1)C(C)(C)C)C(O)C(=O)N[C@@H](C)c1ccncc1. The molecule has 2 aromatic rings. The minimum Gasteiger partial charge on any atom is -0.381 e. The van der Waals surface area contributed by atoms with Crippen LogP contribution in [0.2, 0.25) is 0 Å². The number of carbonyl (C=O) groups is 5. The molecule has 1 aliphatic heterocycles. The summed E-state index contributed by atoms with van der Waals surface area (Å²) in [6, 6.07) is -0.427. The van der Waals surface area contributed by atoms with Crippen molar-refractivity contribution in [3.63, 3.8) is 0 Å². The van der Waals surface area contributed by atoms with E-state index in [1.165, 1.54) is 18.6 Å². The Hall–Kier alpha value is -4.46. The molecule has 3 aliphatic rings. The minimum absolute atomic E-state index is 0.0912. The number of nitrogens with zero attached hydrogens (tertiary/aromatic N) is 4. The number of aliphatic hydroxyl groups is 1. The summed E-state index contributed by atoms with van der Waals surface area (Å²) < 4.78 is 0. The van der Waals surface area contributed by atoms with Crippen molar-refractivity contribution in [1.82, 2.24) is 41.1 Å². The van der Waals surface area contributed by atoms with Crippen molar-refractivity contribution in [2.45, 2.75) is 135 Å². The summed E-state index contributed by atoms with van der Waals surface area (Å²) in [5.74, 6) is -2.46. The van der Waals surface area contributed by atoms with Crippen molar-refractivity contribution in [3.05, 3.63) is 54.4 Å². The van der Waals surface area contributed by atoms with Gasteiger partial charge in [-0.1, -0.05) is 59.8 Å². The lowest BCUT2D eigenvalue weighted by Crippen LogP contribution is -2.62. The highest BCUT2D eigenvalue weighted by Crippen LogP contribution is 2.43. The van der Waals surface area contributed by atoms with Crippen molar-refractivity contribution < 1.29 is 29.1 Å². The van der Waals surface area contributed by atoms with Gasteiger partial charge >= 0.3 is 0 Å². The van der Waals surface area contributed by atoms with E-state index in [1.54, 1.807) is 29.4 Å². The van der Waals surface area contributed by atoms with Crippen LogP contribution in [0.1, 0.15) is 121 Å². The van der Waals surface area contributed by atoms with Crippen LogP contribution >= 0.6 is 0 Å². The van der Waals surface area contributed by atoms with Crippen molar-refractivity contribution >= 4 is 29.5 Å². The quantitative estimate of drug-likeness (QED) is 0.193. The first-order chi connectivity index (χ1) is 25.8. The Kier molecular flexibility index (Phi) is 13.8. The fourth-order valence-corrected chi connectivity index (χ4v) is 8.52. The summed E-state index contributed by atoms with van der Waals surface area (Å²) in [5, 5.41) is 23.0. The molecule has 5 N–H and O–H groups in total. The van der Waals surface area contributed by atoms with E-state index in [2.05, 4.69) is 36.2 Å². The summed E-state index contributed by atoms with van der Waals surface area (Å²) in [5.41, 5.74) is 0.175. The zero-order valence-electron chi connectivity index (χ0n) is 32.3. The van der Waals surface area contributed by atoms with Gasteiger partial charge in [-0.25, -0.2) is 4.98 Å². The molecule has 0 spiro atoms. The van der Waals surface area contributed by atoms with Crippen molar-refractivity contribution in [2.24, 2.45) is 23.2 Å². The van der Waals surface area contributed by atoms with E-state index in [-0.39, 0.29) is 29.4 Å². The summed E-state index contributed by atoms with van der Waals surface area (Å²) in [6.45, 7) is 9.70. The van der Waals surface area contributed by atoms with Crippen LogP contribution in [-0.2, 0) is 19.2 Å². The second-order valence-electron chi connectivity index (χ2n) is 16.4. The molecule has 294 valence electrons. The number of aromatic nitrogens is 3. The number of nitrogens with one attached hydrogen (secondary N) is 4. The molecule has 5 amide bonds. The van der Waals surface area contributed by atoms with Crippen LogP contribution in [0.5, 0.6) is 0 Å². The monoisotopic (exact) mass is 746 g/mol. The first-order valence-electron chi connectivity index (χ1n) is 19.7. The van der Waals surface area contributed by atoms with Gasteiger partial charge in [0.05, 0.1) is 18.3 Å². The Labute approximate surface area is 318 Å². The van der Waals surface area contributed by atoms with Gasteiger partial charge < -0.3 is 31.3 Å². The number of aliphatic hydroxyl groups excluding tert-OH is 1. The van der Waals surface area contributed by atoms with E-state index in [0.717, 1.165) is 56.9 Å². The normalized spacial score (nSPS) is 22.9. The van der Waals surface area contributed by atoms with Crippen LogP contribution in [-0.4, -0.2) is 91.3 Å². The van der Waals surface area contributed by atoms with E-state index in [9.17, 15) is 29.1 Å². The zero-order valence-corrected chi connectivity index (χ0v) is 32.3. The first kappa shape index (κ1) is 40.7. The third-order valence-corrected chi connectivity index (χ3v) is 11.5. The third kappa shape index (κ3) is 9.79. The number of fused-ring (bicyclic) bond motifs is 1. The van der Waals surface area contributed by atoms with Crippen LogP contribution in [0.4, 0.5) is 0 Å². The Bertz CT molecular complexity index is 1600. The van der Waals surface area contributed by atoms with Gasteiger partial charge in [0.15, 0.2) is 6.10 Å². The molecule has 3 heterocycles. The second kappa shape index (κ2) is 18.2. The number of pyridine rings is 1. The lowest BCUT2D eigenvalue weighted by molar-refractivity contribution is -0.146. The van der Waals surface area contributed by atoms with Crippen LogP contribution in [0.3, 0.4) is 0 Å². The number of carbonyl (C=O) groups excluding carboxylic acids is 5. The van der Waals surface area contributed by atoms with E-state index < -0.39 is 65.4 Å². The predicted octanol–water partition coefficient (Wildman–Crippen LogP) is 3.23. The molecule has 8 atom stereocenters. The highest BCUT2D eigenvalue weighted by Gasteiger charge is 2.52. The van der Waals surface area contributed by atoms with E-state index in [1.807, 2.05) is 34.6 Å². The molecule has 0 aromatic carbocycles. The smallest absolute Gasteiger partial charge is 0.272 e. The van der Waals surface area contributed by atoms with E-state index >= 15 is 0 Å². The van der Waals surface area contributed by atoms with Crippen LogP contribution in [0, 0.1) is 23.2 Å². The number of hydrogen-bond donors (Lipinski definition) is 5. The topological polar surface area (TPSA) is 196 Å². The molecule has 5 rings (SSSR count). The van der Waals surface area contributed by atoms with Gasteiger partial charge in [-0.3, -0.25) is 33.9 Å². The molecule has 1 saturated heterocycles. The van der Waals surface area contributed by atoms with Gasteiger partial charge in [-0.2, -0.15) is 0 Å². The van der Waals surface area contributed by atoms with E-state index in [0.29, 0.717) is 19.4 Å². The molecule has 0 radical (unpaired) electrons. The highest BCUT2D eigenvalue weighted by molar-refractivity contribution is 5.98. The molecule has 54 heavy (non-hydrogen) atoms. The molecule has 2 saturated carbocycles. The minimum atomic E-state index is -1.52. The number of likely N-dealkylation sites (tertiary alicyclic amines) is 1. The molecule has 3 fully saturated rings. The van der Waals surface area contributed by atoms with Gasteiger partial charge in [-0.05, 0) is 79.9 Å². The Morgan fingerprint density at radius 2 is 1.59 bits per heavy atom. The molecule has 14 nitrogen and oxygen atoms in total. The molecule has 2 aliphatic carbocycles. The molecular weight excluding hydrogens is 688 g/mol. The van der Waals surface area contributed by atoms with Gasteiger partial charge in [0.25, 0.3) is 11.8 Å². The lowest BCUT2D eigenvalue weighted by atomic mass is 9.82. The molecular formula is C40H58N8O6. The largest absolute Gasteiger partial charge is 0.381 e. The third-order valence-electron chi connectivity index (χ3n) is 11.5. The Balaban J connectivity index is 1.34. The summed E-state index contributed by atoms with van der Waals surface area (Å²) in [4.78, 5) is 83.5. The Morgan fingerprint density at radius 3 is 2.24 bits per heavy atom. The molecule has 0 bridgehead atoms. The van der Waals surface area contributed by atoms with Crippen LogP contribution in [0.15, 0.2) is 43.1 Å². The highest BCUT2D eigenvalue weighted by atomic mass is 16.3. The Morgan fingerprint density at radius 1 is 0.870 bits per heavy atom. The van der Waals surface area contributed by atoms with Gasteiger partial charge in [0, 0.05) is 31.3 Å². The fourth-order valence-electron chi connectivity index (χ4n) is 8.52. The maximum atomic E-state index is 14.7. The number of rotatable bonds is 14. The summed E-state index contributed by atoms with van der Waals surface area (Å²) >= 11 is 0. The van der Waals surface area contributed by atoms with Crippen molar-refractivity contribution in [2.75, 3.05) is 6.54 Å².